The van der Waals surface area contributed by atoms with Gasteiger partial charge in [-0.25, -0.2) is 0 Å². The van der Waals surface area contributed by atoms with E-state index in [1.165, 1.54) is 0 Å². The minimum atomic E-state index is 0.422. The fourth-order valence-electron chi connectivity index (χ4n) is 1.00. The molecule has 0 unspecified atom stereocenters. The standard InChI is InChI=1S/C8H13ClN4/c1-13(5-4-10)6-7-2-3-8(9)12-11-7/h2-3H,4-6,10H2,1H3. The Hall–Kier alpha value is -0.710. The van der Waals surface area contributed by atoms with Gasteiger partial charge in [0, 0.05) is 19.6 Å². The highest BCUT2D eigenvalue weighted by Gasteiger charge is 2.00. The van der Waals surface area contributed by atoms with Gasteiger partial charge in [-0.1, -0.05) is 11.6 Å². The fraction of sp³-hybridized carbons (Fsp3) is 0.500. The zero-order valence-electron chi connectivity index (χ0n) is 7.57. The summed E-state index contributed by atoms with van der Waals surface area (Å²) in [5.41, 5.74) is 6.31. The van der Waals surface area contributed by atoms with Crippen molar-refractivity contribution >= 4 is 11.6 Å². The van der Waals surface area contributed by atoms with Crippen molar-refractivity contribution in [2.24, 2.45) is 5.73 Å². The summed E-state index contributed by atoms with van der Waals surface area (Å²) in [5.74, 6) is 0. The molecule has 0 fully saturated rings. The molecule has 0 saturated heterocycles. The Labute approximate surface area is 82.7 Å². The van der Waals surface area contributed by atoms with Gasteiger partial charge in [-0.05, 0) is 19.2 Å². The highest BCUT2D eigenvalue weighted by Crippen LogP contribution is 2.03. The molecule has 1 aromatic heterocycles. The minimum Gasteiger partial charge on any atom is -0.329 e. The molecule has 1 aromatic rings. The number of aromatic nitrogens is 2. The maximum Gasteiger partial charge on any atom is 0.151 e. The van der Waals surface area contributed by atoms with E-state index in [-0.39, 0.29) is 0 Å². The van der Waals surface area contributed by atoms with Crippen LogP contribution in [0.3, 0.4) is 0 Å². The topological polar surface area (TPSA) is 55.0 Å². The molecular formula is C8H13ClN4. The Balaban J connectivity index is 2.49. The van der Waals surface area contributed by atoms with Gasteiger partial charge in [-0.2, -0.15) is 5.10 Å². The number of nitrogens with zero attached hydrogens (tertiary/aromatic N) is 3. The zero-order chi connectivity index (χ0) is 9.68. The van der Waals surface area contributed by atoms with E-state index in [1.54, 1.807) is 6.07 Å². The molecule has 0 radical (unpaired) electrons. The Kier molecular flexibility index (Phi) is 4.08. The first kappa shape index (κ1) is 10.4. The average Bonchev–Trinajstić information content (AvgIpc) is 2.09. The minimum absolute atomic E-state index is 0.422. The molecule has 0 bridgehead atoms. The van der Waals surface area contributed by atoms with Gasteiger partial charge in [0.05, 0.1) is 5.69 Å². The van der Waals surface area contributed by atoms with E-state index < -0.39 is 0 Å². The zero-order valence-corrected chi connectivity index (χ0v) is 8.33. The quantitative estimate of drug-likeness (QED) is 0.770. The first-order valence-electron chi connectivity index (χ1n) is 4.09. The molecule has 1 heterocycles. The van der Waals surface area contributed by atoms with E-state index in [2.05, 4.69) is 15.1 Å². The van der Waals surface area contributed by atoms with E-state index in [1.807, 2.05) is 13.1 Å². The lowest BCUT2D eigenvalue weighted by Gasteiger charge is -2.13. The monoisotopic (exact) mass is 200 g/mol. The van der Waals surface area contributed by atoms with Crippen molar-refractivity contribution in [3.8, 4) is 0 Å². The van der Waals surface area contributed by atoms with Gasteiger partial charge < -0.3 is 5.73 Å². The van der Waals surface area contributed by atoms with Crippen LogP contribution in [0.4, 0.5) is 0 Å². The molecule has 0 amide bonds. The number of hydrogen-bond donors (Lipinski definition) is 1. The Morgan fingerprint density at radius 3 is 2.77 bits per heavy atom. The lowest BCUT2D eigenvalue weighted by atomic mass is 10.3. The van der Waals surface area contributed by atoms with Crippen molar-refractivity contribution in [3.63, 3.8) is 0 Å². The van der Waals surface area contributed by atoms with Crippen LogP contribution in [0.25, 0.3) is 0 Å². The Bertz CT molecular complexity index is 249. The van der Waals surface area contributed by atoms with Crippen LogP contribution in [0.15, 0.2) is 12.1 Å². The molecule has 0 saturated carbocycles. The van der Waals surface area contributed by atoms with Gasteiger partial charge in [0.2, 0.25) is 0 Å². The van der Waals surface area contributed by atoms with Crippen LogP contribution in [-0.4, -0.2) is 35.2 Å². The lowest BCUT2D eigenvalue weighted by Crippen LogP contribution is -2.25. The summed E-state index contributed by atoms with van der Waals surface area (Å²) in [5, 5.41) is 8.11. The maximum absolute atomic E-state index is 5.60. The van der Waals surface area contributed by atoms with Crippen LogP contribution in [0.1, 0.15) is 5.69 Å². The van der Waals surface area contributed by atoms with Gasteiger partial charge in [0.25, 0.3) is 0 Å². The molecule has 1 rings (SSSR count). The second kappa shape index (κ2) is 5.11. The van der Waals surface area contributed by atoms with E-state index in [0.29, 0.717) is 11.7 Å². The number of hydrogen-bond acceptors (Lipinski definition) is 4. The Morgan fingerprint density at radius 1 is 1.46 bits per heavy atom. The summed E-state index contributed by atoms with van der Waals surface area (Å²) >= 11 is 5.60. The predicted octanol–water partition coefficient (Wildman–Crippen LogP) is 0.520. The molecule has 13 heavy (non-hydrogen) atoms. The normalized spacial score (nSPS) is 10.8. The molecule has 0 atom stereocenters. The number of likely N-dealkylation sites (N-methyl/N-ethyl adjacent to an activating group) is 1. The largest absolute Gasteiger partial charge is 0.329 e. The second-order valence-corrected chi connectivity index (χ2v) is 3.26. The van der Waals surface area contributed by atoms with Crippen molar-refractivity contribution in [1.29, 1.82) is 0 Å². The van der Waals surface area contributed by atoms with Crippen molar-refractivity contribution in [2.45, 2.75) is 6.54 Å². The maximum atomic E-state index is 5.60. The molecule has 0 aromatic carbocycles. The van der Waals surface area contributed by atoms with Gasteiger partial charge in [-0.3, -0.25) is 4.90 Å². The van der Waals surface area contributed by atoms with Crippen LogP contribution < -0.4 is 5.73 Å². The fourth-order valence-corrected chi connectivity index (χ4v) is 1.10. The van der Waals surface area contributed by atoms with Crippen LogP contribution in [0.2, 0.25) is 5.15 Å². The molecular weight excluding hydrogens is 188 g/mol. The summed E-state index contributed by atoms with van der Waals surface area (Å²) in [6.45, 7) is 2.25. The van der Waals surface area contributed by atoms with Gasteiger partial charge in [0.1, 0.15) is 0 Å². The Morgan fingerprint density at radius 2 is 2.23 bits per heavy atom. The third-order valence-electron chi connectivity index (χ3n) is 1.63. The summed E-state index contributed by atoms with van der Waals surface area (Å²) in [6.07, 6.45) is 0. The summed E-state index contributed by atoms with van der Waals surface area (Å²) in [4.78, 5) is 2.08. The van der Waals surface area contributed by atoms with Gasteiger partial charge in [-0.15, -0.1) is 5.10 Å². The van der Waals surface area contributed by atoms with Crippen molar-refractivity contribution in [1.82, 2.24) is 15.1 Å². The van der Waals surface area contributed by atoms with Crippen molar-refractivity contribution in [3.05, 3.63) is 23.0 Å². The molecule has 72 valence electrons. The van der Waals surface area contributed by atoms with Crippen LogP contribution in [0, 0.1) is 0 Å². The number of halogens is 1. The lowest BCUT2D eigenvalue weighted by molar-refractivity contribution is 0.331. The molecule has 0 aliphatic carbocycles. The van der Waals surface area contributed by atoms with Crippen molar-refractivity contribution in [2.75, 3.05) is 20.1 Å². The number of rotatable bonds is 4. The molecule has 4 nitrogen and oxygen atoms in total. The summed E-state index contributed by atoms with van der Waals surface area (Å²) in [6, 6.07) is 3.60. The highest BCUT2D eigenvalue weighted by molar-refractivity contribution is 6.29. The van der Waals surface area contributed by atoms with Gasteiger partial charge >= 0.3 is 0 Å². The summed E-state index contributed by atoms with van der Waals surface area (Å²) < 4.78 is 0. The third-order valence-corrected chi connectivity index (χ3v) is 1.83. The van der Waals surface area contributed by atoms with Gasteiger partial charge in [0.15, 0.2) is 5.15 Å². The van der Waals surface area contributed by atoms with Crippen LogP contribution in [0.5, 0.6) is 0 Å². The molecule has 0 aliphatic heterocycles. The smallest absolute Gasteiger partial charge is 0.151 e. The molecule has 5 heteroatoms. The molecule has 2 N–H and O–H groups in total. The highest BCUT2D eigenvalue weighted by atomic mass is 35.5. The number of nitrogens with two attached hydrogens (primary N) is 1. The van der Waals surface area contributed by atoms with E-state index >= 15 is 0 Å². The second-order valence-electron chi connectivity index (χ2n) is 2.87. The first-order valence-corrected chi connectivity index (χ1v) is 4.47. The van der Waals surface area contributed by atoms with E-state index in [4.69, 9.17) is 17.3 Å². The SMILES string of the molecule is CN(CCN)Cc1ccc(Cl)nn1. The third kappa shape index (κ3) is 3.67. The summed E-state index contributed by atoms with van der Waals surface area (Å²) in [7, 11) is 1.99. The van der Waals surface area contributed by atoms with Crippen LogP contribution in [-0.2, 0) is 6.54 Å². The molecule has 0 aliphatic rings. The predicted molar refractivity (Wildman–Crippen MR) is 52.4 cm³/mol. The average molecular weight is 201 g/mol. The van der Waals surface area contributed by atoms with Crippen molar-refractivity contribution < 1.29 is 0 Å². The molecule has 0 spiro atoms. The first-order chi connectivity index (χ1) is 6.22. The van der Waals surface area contributed by atoms with E-state index in [0.717, 1.165) is 18.8 Å². The van der Waals surface area contributed by atoms with E-state index in [9.17, 15) is 0 Å². The van der Waals surface area contributed by atoms with Crippen LogP contribution >= 0.6 is 11.6 Å².